The highest BCUT2D eigenvalue weighted by Crippen LogP contribution is 2.26. The maximum atomic E-state index is 12.4. The first-order valence-electron chi connectivity index (χ1n) is 6.11. The zero-order valence-electron chi connectivity index (χ0n) is 11.1. The lowest BCUT2D eigenvalue weighted by Gasteiger charge is -2.31. The molecule has 1 unspecified atom stereocenters. The van der Waals surface area contributed by atoms with Crippen molar-refractivity contribution >= 4 is 33.8 Å². The first kappa shape index (κ1) is 16.8. The molecule has 0 radical (unpaired) electrons. The van der Waals surface area contributed by atoms with E-state index in [0.29, 0.717) is 23.2 Å². The minimum absolute atomic E-state index is 0. The molecule has 19 heavy (non-hydrogen) atoms. The molecule has 8 heteroatoms. The van der Waals surface area contributed by atoms with Gasteiger partial charge in [-0.2, -0.15) is 4.31 Å². The number of nitrogens with zero attached hydrogens (tertiary/aromatic N) is 2. The van der Waals surface area contributed by atoms with Crippen molar-refractivity contribution in [1.82, 2.24) is 14.6 Å². The summed E-state index contributed by atoms with van der Waals surface area (Å²) in [7, 11) is -1.43. The maximum Gasteiger partial charge on any atom is 0.254 e. The van der Waals surface area contributed by atoms with Crippen LogP contribution in [0.3, 0.4) is 0 Å². The Hall–Kier alpha value is -0.210. The summed E-state index contributed by atoms with van der Waals surface area (Å²) >= 11 is 1.25. The van der Waals surface area contributed by atoms with Crippen LogP contribution in [-0.4, -0.2) is 44.4 Å². The number of thiazole rings is 1. The lowest BCUT2D eigenvalue weighted by molar-refractivity contribution is 0.264. The van der Waals surface area contributed by atoms with Crippen LogP contribution in [0.25, 0.3) is 0 Å². The summed E-state index contributed by atoms with van der Waals surface area (Å²) in [6, 6.07) is 0. The predicted octanol–water partition coefficient (Wildman–Crippen LogP) is 1.49. The number of hydrogen-bond donors (Lipinski definition) is 1. The molecule has 0 saturated carbocycles. The lowest BCUT2D eigenvalue weighted by atomic mass is 10.00. The maximum absolute atomic E-state index is 12.4. The Balaban J connectivity index is 0.00000180. The summed E-state index contributed by atoms with van der Waals surface area (Å²) in [5, 5.41) is 3.91. The van der Waals surface area contributed by atoms with Crippen molar-refractivity contribution < 1.29 is 8.42 Å². The molecule has 110 valence electrons. The van der Waals surface area contributed by atoms with Crippen LogP contribution in [0.1, 0.15) is 17.8 Å². The summed E-state index contributed by atoms with van der Waals surface area (Å²) < 4.78 is 26.8. The van der Waals surface area contributed by atoms with Crippen LogP contribution in [0, 0.1) is 12.8 Å². The van der Waals surface area contributed by atoms with E-state index in [1.165, 1.54) is 17.5 Å². The third-order valence-electron chi connectivity index (χ3n) is 3.17. The molecule has 1 saturated heterocycles. The molecule has 0 spiro atoms. The molecule has 0 amide bonds. The van der Waals surface area contributed by atoms with E-state index >= 15 is 0 Å². The molecule has 2 heterocycles. The van der Waals surface area contributed by atoms with Crippen molar-refractivity contribution in [2.24, 2.45) is 5.92 Å². The minimum atomic E-state index is -3.33. The Morgan fingerprint density at radius 2 is 2.32 bits per heavy atom. The number of hydrogen-bond acceptors (Lipinski definition) is 5. The molecule has 2 rings (SSSR count). The zero-order chi connectivity index (χ0) is 13.2. The van der Waals surface area contributed by atoms with E-state index in [4.69, 9.17) is 0 Å². The molecular formula is C11H20ClN3O2S2. The first-order chi connectivity index (χ1) is 8.54. The molecule has 1 N–H and O–H groups in total. The van der Waals surface area contributed by atoms with Gasteiger partial charge in [-0.1, -0.05) is 0 Å². The standard InChI is InChI=1S/C11H19N3O2S2.ClH/c1-9-13-7-11(17-9)18(15,16)14-5-3-4-10(8-14)6-12-2;/h7,10,12H,3-6,8H2,1-2H3;1H. The van der Waals surface area contributed by atoms with Gasteiger partial charge < -0.3 is 5.32 Å². The number of aryl methyl sites for hydroxylation is 1. The molecule has 0 aliphatic carbocycles. The van der Waals surface area contributed by atoms with Gasteiger partial charge in [-0.3, -0.25) is 0 Å². The average molecular weight is 326 g/mol. The fraction of sp³-hybridized carbons (Fsp3) is 0.727. The van der Waals surface area contributed by atoms with Crippen molar-refractivity contribution in [3.05, 3.63) is 11.2 Å². The molecule has 0 aromatic carbocycles. The molecule has 1 fully saturated rings. The molecule has 1 aliphatic rings. The van der Waals surface area contributed by atoms with E-state index in [-0.39, 0.29) is 12.4 Å². The summed E-state index contributed by atoms with van der Waals surface area (Å²) in [5.74, 6) is 0.410. The second-order valence-corrected chi connectivity index (χ2v) is 8.03. The quantitative estimate of drug-likeness (QED) is 0.911. The molecule has 1 aromatic rings. The van der Waals surface area contributed by atoms with Crippen LogP contribution in [0.15, 0.2) is 10.4 Å². The van der Waals surface area contributed by atoms with Gasteiger partial charge in [0, 0.05) is 13.1 Å². The van der Waals surface area contributed by atoms with Gasteiger partial charge in [0.05, 0.1) is 11.2 Å². The van der Waals surface area contributed by atoms with Gasteiger partial charge in [-0.15, -0.1) is 23.7 Å². The number of sulfonamides is 1. The smallest absolute Gasteiger partial charge is 0.254 e. The van der Waals surface area contributed by atoms with Gasteiger partial charge in [0.15, 0.2) is 4.21 Å². The summed E-state index contributed by atoms with van der Waals surface area (Å²) in [6.45, 7) is 3.93. The Labute approximate surface area is 124 Å². The van der Waals surface area contributed by atoms with Crippen LogP contribution >= 0.6 is 23.7 Å². The van der Waals surface area contributed by atoms with Gasteiger partial charge in [0.25, 0.3) is 10.0 Å². The highest BCUT2D eigenvalue weighted by molar-refractivity contribution is 7.91. The number of halogens is 1. The molecule has 5 nitrogen and oxygen atoms in total. The van der Waals surface area contributed by atoms with Crippen molar-refractivity contribution in [3.8, 4) is 0 Å². The average Bonchev–Trinajstić information content (AvgIpc) is 2.77. The van der Waals surface area contributed by atoms with Crippen LogP contribution in [-0.2, 0) is 10.0 Å². The summed E-state index contributed by atoms with van der Waals surface area (Å²) in [4.78, 5) is 4.03. The van der Waals surface area contributed by atoms with Crippen molar-refractivity contribution in [2.45, 2.75) is 24.0 Å². The third kappa shape index (κ3) is 3.88. The van der Waals surface area contributed by atoms with Gasteiger partial charge >= 0.3 is 0 Å². The predicted molar refractivity (Wildman–Crippen MR) is 79.5 cm³/mol. The van der Waals surface area contributed by atoms with Crippen LogP contribution < -0.4 is 5.32 Å². The molecule has 0 bridgehead atoms. The van der Waals surface area contributed by atoms with Gasteiger partial charge in [0.2, 0.25) is 0 Å². The molecule has 1 atom stereocenters. The van der Waals surface area contributed by atoms with Crippen molar-refractivity contribution in [3.63, 3.8) is 0 Å². The van der Waals surface area contributed by atoms with E-state index in [0.717, 1.165) is 24.4 Å². The van der Waals surface area contributed by atoms with Crippen LogP contribution in [0.5, 0.6) is 0 Å². The number of aromatic nitrogens is 1. The highest BCUT2D eigenvalue weighted by atomic mass is 35.5. The fourth-order valence-electron chi connectivity index (χ4n) is 2.29. The number of nitrogens with one attached hydrogen (secondary N) is 1. The van der Waals surface area contributed by atoms with Crippen molar-refractivity contribution in [2.75, 3.05) is 26.7 Å². The normalized spacial score (nSPS) is 21.1. The van der Waals surface area contributed by atoms with E-state index in [2.05, 4.69) is 10.3 Å². The Bertz CT molecular complexity index is 502. The van der Waals surface area contributed by atoms with Gasteiger partial charge in [0.1, 0.15) is 0 Å². The van der Waals surface area contributed by atoms with Crippen LogP contribution in [0.2, 0.25) is 0 Å². The number of piperidine rings is 1. The fourth-order valence-corrected chi connectivity index (χ4v) is 5.11. The zero-order valence-corrected chi connectivity index (χ0v) is 13.6. The SMILES string of the molecule is CNCC1CCCN(S(=O)(=O)c2cnc(C)s2)C1.Cl. The van der Waals surface area contributed by atoms with Crippen molar-refractivity contribution in [1.29, 1.82) is 0 Å². The molecular weight excluding hydrogens is 306 g/mol. The highest BCUT2D eigenvalue weighted by Gasteiger charge is 2.31. The van der Waals surface area contributed by atoms with E-state index in [1.54, 1.807) is 4.31 Å². The van der Waals surface area contributed by atoms with E-state index < -0.39 is 10.0 Å². The Kier molecular flexibility index (Phi) is 6.19. The summed E-state index contributed by atoms with van der Waals surface area (Å²) in [6.07, 6.45) is 3.49. The monoisotopic (exact) mass is 325 g/mol. The first-order valence-corrected chi connectivity index (χ1v) is 8.37. The van der Waals surface area contributed by atoms with E-state index in [9.17, 15) is 8.42 Å². The van der Waals surface area contributed by atoms with Crippen LogP contribution in [0.4, 0.5) is 0 Å². The topological polar surface area (TPSA) is 62.3 Å². The largest absolute Gasteiger partial charge is 0.319 e. The Morgan fingerprint density at radius 3 is 2.89 bits per heavy atom. The second-order valence-electron chi connectivity index (χ2n) is 4.63. The minimum Gasteiger partial charge on any atom is -0.319 e. The molecule has 1 aliphatic heterocycles. The number of rotatable bonds is 4. The Morgan fingerprint density at radius 1 is 1.58 bits per heavy atom. The lowest BCUT2D eigenvalue weighted by Crippen LogP contribution is -2.42. The summed E-state index contributed by atoms with van der Waals surface area (Å²) in [5.41, 5.74) is 0. The third-order valence-corrected chi connectivity index (χ3v) is 6.38. The van der Waals surface area contributed by atoms with E-state index in [1.807, 2.05) is 14.0 Å². The second kappa shape index (κ2) is 6.99. The van der Waals surface area contributed by atoms with Gasteiger partial charge in [-0.05, 0) is 39.3 Å². The molecule has 1 aromatic heterocycles. The van der Waals surface area contributed by atoms with Gasteiger partial charge in [-0.25, -0.2) is 13.4 Å².